The molecule has 0 saturated carbocycles. The number of guanidine groups is 1. The molecule has 0 amide bonds. The summed E-state index contributed by atoms with van der Waals surface area (Å²) in [4.78, 5) is 15.3. The van der Waals surface area contributed by atoms with Crippen LogP contribution in [0.15, 0.2) is 36.1 Å². The van der Waals surface area contributed by atoms with E-state index < -0.39 is 0 Å². The minimum Gasteiger partial charge on any atom is -0.349 e. The van der Waals surface area contributed by atoms with Crippen LogP contribution in [0.4, 0.5) is 0 Å². The first kappa shape index (κ1) is 15.6. The number of piperidine rings is 1. The van der Waals surface area contributed by atoms with Crippen molar-refractivity contribution in [1.29, 1.82) is 0 Å². The predicted molar refractivity (Wildman–Crippen MR) is 90.0 cm³/mol. The Balaban J connectivity index is 1.65. The average Bonchev–Trinajstić information content (AvgIpc) is 3.21. The molecule has 124 valence electrons. The monoisotopic (exact) mass is 315 g/mol. The molecule has 3 rings (SSSR count). The lowest BCUT2D eigenvalue weighted by atomic mass is 9.93. The van der Waals surface area contributed by atoms with Gasteiger partial charge in [-0.15, -0.1) is 0 Å². The molecule has 0 radical (unpaired) electrons. The second-order valence-electron chi connectivity index (χ2n) is 6.14. The maximum Gasteiger partial charge on any atom is 0.194 e. The number of imidazole rings is 2. The zero-order valence-electron chi connectivity index (χ0n) is 14.1. The fourth-order valence-corrected chi connectivity index (χ4v) is 3.15. The first-order valence-corrected chi connectivity index (χ1v) is 8.08. The minimum absolute atomic E-state index is 0.429. The molecule has 1 N–H and O–H groups in total. The molecule has 7 heteroatoms. The number of rotatable bonds is 3. The second-order valence-corrected chi connectivity index (χ2v) is 6.14. The van der Waals surface area contributed by atoms with Gasteiger partial charge in [-0.1, -0.05) is 6.92 Å². The van der Waals surface area contributed by atoms with Gasteiger partial charge >= 0.3 is 0 Å². The van der Waals surface area contributed by atoms with Crippen molar-refractivity contribution in [3.05, 3.63) is 36.9 Å². The molecule has 2 atom stereocenters. The molecular weight excluding hydrogens is 290 g/mol. The minimum atomic E-state index is 0.429. The Hall–Kier alpha value is -2.31. The van der Waals surface area contributed by atoms with Gasteiger partial charge in [-0.2, -0.15) is 0 Å². The van der Waals surface area contributed by atoms with Crippen LogP contribution in [0.25, 0.3) is 0 Å². The Morgan fingerprint density at radius 3 is 2.91 bits per heavy atom. The standard InChI is InChI=1S/C16H25N7/c1-13-4-7-22(11-14(13)23-9-5-18-12-23)16(17-2)20-10-15-19-6-8-21(15)3/h5-6,8-9,12-14H,4,7,10-11H2,1-3H3,(H,17,20). The van der Waals surface area contributed by atoms with E-state index in [1.54, 1.807) is 0 Å². The maximum absolute atomic E-state index is 4.45. The molecule has 3 heterocycles. The Bertz CT molecular complexity index is 643. The molecule has 0 aromatic carbocycles. The van der Waals surface area contributed by atoms with E-state index in [1.165, 1.54) is 0 Å². The van der Waals surface area contributed by atoms with Gasteiger partial charge in [-0.25, -0.2) is 9.97 Å². The van der Waals surface area contributed by atoms with Gasteiger partial charge in [0.05, 0.1) is 18.9 Å². The Kier molecular flexibility index (Phi) is 4.64. The number of nitrogens with one attached hydrogen (secondary N) is 1. The van der Waals surface area contributed by atoms with Crippen LogP contribution in [0.1, 0.15) is 25.2 Å². The number of hydrogen-bond acceptors (Lipinski definition) is 3. The van der Waals surface area contributed by atoms with E-state index in [2.05, 4.69) is 42.9 Å². The molecular formula is C16H25N7. The fourth-order valence-electron chi connectivity index (χ4n) is 3.15. The molecule has 1 saturated heterocycles. The average molecular weight is 315 g/mol. The van der Waals surface area contributed by atoms with Crippen LogP contribution < -0.4 is 5.32 Å². The normalized spacial score (nSPS) is 22.4. The van der Waals surface area contributed by atoms with Crippen molar-refractivity contribution in [1.82, 2.24) is 29.3 Å². The van der Waals surface area contributed by atoms with Gasteiger partial charge < -0.3 is 19.4 Å². The van der Waals surface area contributed by atoms with Crippen molar-refractivity contribution in [2.45, 2.75) is 25.9 Å². The van der Waals surface area contributed by atoms with Crippen LogP contribution in [0.3, 0.4) is 0 Å². The molecule has 0 spiro atoms. The predicted octanol–water partition coefficient (Wildman–Crippen LogP) is 1.28. The molecule has 1 aliphatic rings. The van der Waals surface area contributed by atoms with Crippen LogP contribution >= 0.6 is 0 Å². The number of likely N-dealkylation sites (tertiary alicyclic amines) is 1. The summed E-state index contributed by atoms with van der Waals surface area (Å²) in [6.45, 7) is 4.95. The third-order valence-electron chi connectivity index (χ3n) is 4.66. The number of nitrogens with zero attached hydrogens (tertiary/aromatic N) is 6. The zero-order valence-corrected chi connectivity index (χ0v) is 14.1. The third-order valence-corrected chi connectivity index (χ3v) is 4.66. The summed E-state index contributed by atoms with van der Waals surface area (Å²) in [5, 5.41) is 3.43. The van der Waals surface area contributed by atoms with Gasteiger partial charge in [0, 0.05) is 52.0 Å². The van der Waals surface area contributed by atoms with Gasteiger partial charge in [0.25, 0.3) is 0 Å². The first-order chi connectivity index (χ1) is 11.2. The van der Waals surface area contributed by atoms with E-state index in [0.717, 1.165) is 31.3 Å². The highest BCUT2D eigenvalue weighted by Gasteiger charge is 2.28. The summed E-state index contributed by atoms with van der Waals surface area (Å²) < 4.78 is 4.23. The molecule has 2 aromatic heterocycles. The van der Waals surface area contributed by atoms with Crippen molar-refractivity contribution >= 4 is 5.96 Å². The Morgan fingerprint density at radius 1 is 1.39 bits per heavy atom. The lowest BCUT2D eigenvalue weighted by molar-refractivity contribution is 0.189. The summed E-state index contributed by atoms with van der Waals surface area (Å²) in [7, 11) is 3.84. The molecule has 1 fully saturated rings. The highest BCUT2D eigenvalue weighted by molar-refractivity contribution is 5.79. The van der Waals surface area contributed by atoms with Crippen LogP contribution in [-0.4, -0.2) is 50.1 Å². The zero-order chi connectivity index (χ0) is 16.2. The largest absolute Gasteiger partial charge is 0.349 e. The van der Waals surface area contributed by atoms with E-state index in [4.69, 9.17) is 0 Å². The number of aliphatic imine (C=N–C) groups is 1. The molecule has 0 bridgehead atoms. The summed E-state index contributed by atoms with van der Waals surface area (Å²) >= 11 is 0. The third kappa shape index (κ3) is 3.38. The van der Waals surface area contributed by atoms with Gasteiger partial charge in [0.1, 0.15) is 5.82 Å². The summed E-state index contributed by atoms with van der Waals surface area (Å²) in [5.74, 6) is 2.57. The lowest BCUT2D eigenvalue weighted by Crippen LogP contribution is -2.48. The first-order valence-electron chi connectivity index (χ1n) is 8.08. The summed E-state index contributed by atoms with van der Waals surface area (Å²) in [5.41, 5.74) is 0. The number of aryl methyl sites for hydroxylation is 1. The summed E-state index contributed by atoms with van der Waals surface area (Å²) in [6.07, 6.45) is 10.7. The van der Waals surface area contributed by atoms with Crippen molar-refractivity contribution in [3.8, 4) is 0 Å². The molecule has 7 nitrogen and oxygen atoms in total. The van der Waals surface area contributed by atoms with Crippen molar-refractivity contribution in [2.75, 3.05) is 20.1 Å². The molecule has 2 aromatic rings. The van der Waals surface area contributed by atoms with Gasteiger partial charge in [0.2, 0.25) is 0 Å². The maximum atomic E-state index is 4.45. The van der Waals surface area contributed by atoms with E-state index >= 15 is 0 Å². The molecule has 1 aliphatic heterocycles. The van der Waals surface area contributed by atoms with Crippen LogP contribution in [0.2, 0.25) is 0 Å². The quantitative estimate of drug-likeness (QED) is 0.684. The Morgan fingerprint density at radius 2 is 2.26 bits per heavy atom. The van der Waals surface area contributed by atoms with Crippen molar-refractivity contribution < 1.29 is 0 Å². The van der Waals surface area contributed by atoms with E-state index in [9.17, 15) is 0 Å². The van der Waals surface area contributed by atoms with E-state index in [1.807, 2.05) is 43.6 Å². The van der Waals surface area contributed by atoms with Gasteiger partial charge in [-0.3, -0.25) is 4.99 Å². The smallest absolute Gasteiger partial charge is 0.194 e. The topological polar surface area (TPSA) is 63.3 Å². The highest BCUT2D eigenvalue weighted by Crippen LogP contribution is 2.27. The lowest BCUT2D eigenvalue weighted by Gasteiger charge is -2.39. The number of aromatic nitrogens is 4. The number of hydrogen-bond donors (Lipinski definition) is 1. The molecule has 0 aliphatic carbocycles. The van der Waals surface area contributed by atoms with Crippen molar-refractivity contribution in [3.63, 3.8) is 0 Å². The van der Waals surface area contributed by atoms with Gasteiger partial charge in [-0.05, 0) is 12.3 Å². The SMILES string of the molecule is CN=C(NCc1nccn1C)N1CCC(C)C(n2ccnc2)C1. The van der Waals surface area contributed by atoms with E-state index in [0.29, 0.717) is 18.5 Å². The molecule has 2 unspecified atom stereocenters. The van der Waals surface area contributed by atoms with Crippen LogP contribution in [-0.2, 0) is 13.6 Å². The highest BCUT2D eigenvalue weighted by atomic mass is 15.3. The van der Waals surface area contributed by atoms with Crippen LogP contribution in [0, 0.1) is 5.92 Å². The fraction of sp³-hybridized carbons (Fsp3) is 0.562. The summed E-state index contributed by atoms with van der Waals surface area (Å²) in [6, 6.07) is 0.429. The van der Waals surface area contributed by atoms with E-state index in [-0.39, 0.29) is 0 Å². The van der Waals surface area contributed by atoms with Crippen LogP contribution in [0.5, 0.6) is 0 Å². The Labute approximate surface area is 137 Å². The molecule has 23 heavy (non-hydrogen) atoms. The second kappa shape index (κ2) is 6.85. The van der Waals surface area contributed by atoms with Gasteiger partial charge in [0.15, 0.2) is 5.96 Å². The van der Waals surface area contributed by atoms with Crippen molar-refractivity contribution in [2.24, 2.45) is 18.0 Å².